The lowest BCUT2D eigenvalue weighted by Crippen LogP contribution is -2.58. The molecule has 0 spiro atoms. The Balaban J connectivity index is 1.86. The van der Waals surface area contributed by atoms with Gasteiger partial charge in [-0.05, 0) is 50.0 Å². The highest BCUT2D eigenvalue weighted by molar-refractivity contribution is 6.33. The molecule has 1 amide bonds. The van der Waals surface area contributed by atoms with Crippen LogP contribution in [0.2, 0.25) is 5.02 Å². The van der Waals surface area contributed by atoms with Crippen LogP contribution in [0.15, 0.2) is 54.1 Å². The third kappa shape index (κ3) is 5.40. The third-order valence-corrected chi connectivity index (χ3v) is 8.13. The molecule has 1 saturated heterocycles. The van der Waals surface area contributed by atoms with Gasteiger partial charge in [-0.25, -0.2) is 28.7 Å². The van der Waals surface area contributed by atoms with Gasteiger partial charge in [0.15, 0.2) is 5.65 Å². The highest BCUT2D eigenvalue weighted by atomic mass is 35.5. The first kappa shape index (κ1) is 30.3. The standard InChI is InChI=1S/C32H35ClFN7O2/c1-8-25(42)39-14-20(7)40(15-19(39)6)30-22-13-23(33)28(21-11-9-10-12-24(21)34)37-31(22)41(32(43)38-30)29-26(17(2)3)35-16-36-27(29)18(4)5/h8-13,16-20H,1,14-15H2,2-7H3. The molecular formula is C32H35ClFN7O2. The zero-order chi connectivity index (χ0) is 31.2. The maximum absolute atomic E-state index is 15.0. The third-order valence-electron chi connectivity index (χ3n) is 7.84. The molecule has 9 nitrogen and oxygen atoms in total. The van der Waals surface area contributed by atoms with E-state index in [1.165, 1.54) is 23.0 Å². The van der Waals surface area contributed by atoms with Gasteiger partial charge in [0.05, 0.1) is 33.2 Å². The minimum Gasteiger partial charge on any atom is -0.349 e. The summed E-state index contributed by atoms with van der Waals surface area (Å²) in [5.41, 5.74) is 1.95. The van der Waals surface area contributed by atoms with E-state index in [4.69, 9.17) is 16.6 Å². The van der Waals surface area contributed by atoms with Crippen molar-refractivity contribution in [2.75, 3.05) is 18.0 Å². The maximum Gasteiger partial charge on any atom is 0.355 e. The molecule has 0 bridgehead atoms. The molecule has 1 aliphatic heterocycles. The lowest BCUT2D eigenvalue weighted by Gasteiger charge is -2.44. The van der Waals surface area contributed by atoms with Crippen LogP contribution in [0.5, 0.6) is 0 Å². The van der Waals surface area contributed by atoms with Crippen molar-refractivity contribution in [3.63, 3.8) is 0 Å². The molecule has 43 heavy (non-hydrogen) atoms. The van der Waals surface area contributed by atoms with Crippen LogP contribution in [-0.4, -0.2) is 60.5 Å². The van der Waals surface area contributed by atoms with Gasteiger partial charge >= 0.3 is 5.69 Å². The first-order chi connectivity index (χ1) is 20.4. The number of benzene rings is 1. The smallest absolute Gasteiger partial charge is 0.349 e. The monoisotopic (exact) mass is 603 g/mol. The number of anilines is 1. The molecule has 224 valence electrons. The molecule has 2 unspecified atom stereocenters. The number of carbonyl (C=O) groups is 1. The van der Waals surface area contributed by atoms with Crippen molar-refractivity contribution in [2.24, 2.45) is 0 Å². The van der Waals surface area contributed by atoms with E-state index in [9.17, 15) is 9.59 Å². The molecule has 3 aromatic heterocycles. The van der Waals surface area contributed by atoms with Gasteiger partial charge in [-0.2, -0.15) is 4.98 Å². The summed E-state index contributed by atoms with van der Waals surface area (Å²) in [4.78, 5) is 49.1. The molecule has 0 aliphatic carbocycles. The van der Waals surface area contributed by atoms with Crippen LogP contribution >= 0.6 is 11.6 Å². The number of aromatic nitrogens is 5. The number of hydrogen-bond donors (Lipinski definition) is 0. The molecule has 1 fully saturated rings. The number of piperazine rings is 1. The van der Waals surface area contributed by atoms with E-state index in [2.05, 4.69) is 21.5 Å². The van der Waals surface area contributed by atoms with Crippen molar-refractivity contribution in [1.82, 2.24) is 29.4 Å². The van der Waals surface area contributed by atoms with Gasteiger partial charge in [0.25, 0.3) is 0 Å². The molecule has 5 rings (SSSR count). The lowest BCUT2D eigenvalue weighted by atomic mass is 10.0. The highest BCUT2D eigenvalue weighted by Gasteiger charge is 2.34. The van der Waals surface area contributed by atoms with Gasteiger partial charge in [-0.1, -0.05) is 58.0 Å². The van der Waals surface area contributed by atoms with E-state index in [1.807, 2.05) is 46.4 Å². The fourth-order valence-corrected chi connectivity index (χ4v) is 5.95. The number of amides is 1. The van der Waals surface area contributed by atoms with Crippen molar-refractivity contribution < 1.29 is 9.18 Å². The van der Waals surface area contributed by atoms with Gasteiger partial charge in [-0.3, -0.25) is 4.79 Å². The van der Waals surface area contributed by atoms with E-state index in [-0.39, 0.29) is 51.8 Å². The summed E-state index contributed by atoms with van der Waals surface area (Å²) in [7, 11) is 0. The maximum atomic E-state index is 15.0. The van der Waals surface area contributed by atoms with Crippen molar-refractivity contribution in [3.05, 3.63) is 82.0 Å². The van der Waals surface area contributed by atoms with Gasteiger partial charge in [0.1, 0.15) is 18.0 Å². The molecule has 0 saturated carbocycles. The molecular weight excluding hydrogens is 569 g/mol. The van der Waals surface area contributed by atoms with Crippen LogP contribution in [0.25, 0.3) is 28.0 Å². The summed E-state index contributed by atoms with van der Waals surface area (Å²) in [6.07, 6.45) is 2.81. The molecule has 0 N–H and O–H groups in total. The Morgan fingerprint density at radius 3 is 2.30 bits per heavy atom. The van der Waals surface area contributed by atoms with E-state index in [0.717, 1.165) is 0 Å². The van der Waals surface area contributed by atoms with E-state index >= 15 is 4.39 Å². The number of halogens is 2. The van der Waals surface area contributed by atoms with Crippen LogP contribution < -0.4 is 10.6 Å². The summed E-state index contributed by atoms with van der Waals surface area (Å²) < 4.78 is 16.5. The Kier molecular flexibility index (Phi) is 8.34. The lowest BCUT2D eigenvalue weighted by molar-refractivity contribution is -0.128. The van der Waals surface area contributed by atoms with E-state index in [0.29, 0.717) is 41.4 Å². The largest absolute Gasteiger partial charge is 0.355 e. The summed E-state index contributed by atoms with van der Waals surface area (Å²) in [6, 6.07) is 7.57. The Bertz CT molecular complexity index is 1760. The Hall–Kier alpha value is -4.18. The van der Waals surface area contributed by atoms with Crippen LogP contribution in [0.3, 0.4) is 0 Å². The molecule has 0 radical (unpaired) electrons. The van der Waals surface area contributed by atoms with Crippen LogP contribution in [0.1, 0.15) is 64.8 Å². The number of carbonyl (C=O) groups excluding carboxylic acids is 1. The normalized spacial score (nSPS) is 17.3. The van der Waals surface area contributed by atoms with Gasteiger partial charge in [0.2, 0.25) is 5.91 Å². The number of hydrogen-bond acceptors (Lipinski definition) is 7. The Labute approximate surface area is 255 Å². The highest BCUT2D eigenvalue weighted by Crippen LogP contribution is 2.37. The molecule has 1 aliphatic rings. The van der Waals surface area contributed by atoms with Crippen LogP contribution in [0, 0.1) is 5.82 Å². The Morgan fingerprint density at radius 2 is 1.70 bits per heavy atom. The average molecular weight is 604 g/mol. The van der Waals surface area contributed by atoms with Crippen molar-refractivity contribution in [3.8, 4) is 16.9 Å². The number of fused-ring (bicyclic) bond motifs is 1. The zero-order valence-corrected chi connectivity index (χ0v) is 25.9. The quantitative estimate of drug-likeness (QED) is 0.254. The van der Waals surface area contributed by atoms with Gasteiger partial charge in [-0.15, -0.1) is 0 Å². The van der Waals surface area contributed by atoms with Crippen molar-refractivity contribution in [2.45, 2.75) is 65.5 Å². The predicted molar refractivity (Wildman–Crippen MR) is 167 cm³/mol. The SMILES string of the molecule is C=CC(=O)N1CC(C)N(c2nc(=O)n(-c3c(C(C)C)ncnc3C(C)C)c3nc(-c4ccccc4F)c(Cl)cc23)CC1C. The van der Waals surface area contributed by atoms with Gasteiger partial charge < -0.3 is 9.80 Å². The van der Waals surface area contributed by atoms with E-state index in [1.54, 1.807) is 29.2 Å². The Morgan fingerprint density at radius 1 is 1.05 bits per heavy atom. The van der Waals surface area contributed by atoms with Crippen LogP contribution in [0.4, 0.5) is 10.2 Å². The second-order valence-corrected chi connectivity index (χ2v) is 12.0. The number of rotatable bonds is 6. The molecule has 4 aromatic rings. The molecule has 4 heterocycles. The topological polar surface area (TPSA) is 97.1 Å². The zero-order valence-electron chi connectivity index (χ0n) is 25.2. The minimum atomic E-state index is -0.570. The predicted octanol–water partition coefficient (Wildman–Crippen LogP) is 5.89. The second kappa shape index (κ2) is 11.8. The molecule has 1 aromatic carbocycles. The second-order valence-electron chi connectivity index (χ2n) is 11.6. The first-order valence-corrected chi connectivity index (χ1v) is 14.7. The first-order valence-electron chi connectivity index (χ1n) is 14.4. The van der Waals surface area contributed by atoms with Crippen molar-refractivity contribution >= 4 is 34.4 Å². The van der Waals surface area contributed by atoms with Gasteiger partial charge in [0, 0.05) is 30.7 Å². The average Bonchev–Trinajstić information content (AvgIpc) is 2.97. The van der Waals surface area contributed by atoms with E-state index < -0.39 is 11.5 Å². The summed E-state index contributed by atoms with van der Waals surface area (Å²) in [6.45, 7) is 16.3. The molecule has 2 atom stereocenters. The fourth-order valence-electron chi connectivity index (χ4n) is 5.70. The number of nitrogens with zero attached hydrogens (tertiary/aromatic N) is 7. The number of pyridine rings is 1. The van der Waals surface area contributed by atoms with Crippen molar-refractivity contribution in [1.29, 1.82) is 0 Å². The summed E-state index contributed by atoms with van der Waals surface area (Å²) in [5.74, 6) is -0.347. The van der Waals surface area contributed by atoms with Crippen LogP contribution in [-0.2, 0) is 4.79 Å². The summed E-state index contributed by atoms with van der Waals surface area (Å²) >= 11 is 6.82. The minimum absolute atomic E-state index is 0.0492. The molecule has 11 heteroatoms. The summed E-state index contributed by atoms with van der Waals surface area (Å²) in [5, 5.41) is 0.727. The fraction of sp³-hybridized carbons (Fsp3) is 0.375.